The van der Waals surface area contributed by atoms with Crippen LogP contribution in [0.2, 0.25) is 0 Å². The molecule has 2 atom stereocenters. The van der Waals surface area contributed by atoms with Gasteiger partial charge in [-0.15, -0.1) is 0 Å². The molecule has 2 aromatic carbocycles. The molecule has 1 saturated heterocycles. The monoisotopic (exact) mass is 383 g/mol. The first-order valence-electron chi connectivity index (χ1n) is 9.64. The van der Waals surface area contributed by atoms with Gasteiger partial charge in [0.05, 0.1) is 18.5 Å². The Kier molecular flexibility index (Phi) is 6.76. The molecule has 0 radical (unpaired) electrons. The number of halogens is 1. The van der Waals surface area contributed by atoms with Gasteiger partial charge in [-0.1, -0.05) is 30.3 Å². The van der Waals surface area contributed by atoms with E-state index in [0.717, 1.165) is 30.6 Å². The van der Waals surface area contributed by atoms with Crippen molar-refractivity contribution in [2.45, 2.75) is 25.8 Å². The van der Waals surface area contributed by atoms with Crippen LogP contribution in [-0.4, -0.2) is 36.3 Å². The molecule has 0 bridgehead atoms. The molecule has 2 N–H and O–H groups in total. The van der Waals surface area contributed by atoms with Gasteiger partial charge >= 0.3 is 0 Å². The second kappa shape index (κ2) is 9.46. The molecule has 28 heavy (non-hydrogen) atoms. The lowest BCUT2D eigenvalue weighted by Crippen LogP contribution is -2.45. The molecule has 1 aliphatic heterocycles. The van der Waals surface area contributed by atoms with Crippen LogP contribution in [0.3, 0.4) is 0 Å². The van der Waals surface area contributed by atoms with E-state index >= 15 is 0 Å². The Morgan fingerprint density at radius 3 is 2.57 bits per heavy atom. The highest BCUT2D eigenvalue weighted by molar-refractivity contribution is 5.92. The van der Waals surface area contributed by atoms with Crippen LogP contribution in [0.15, 0.2) is 54.6 Å². The number of carbonyl (C=O) groups is 2. The van der Waals surface area contributed by atoms with Gasteiger partial charge < -0.3 is 10.6 Å². The zero-order valence-electron chi connectivity index (χ0n) is 16.0. The lowest BCUT2D eigenvalue weighted by Gasteiger charge is -2.31. The lowest BCUT2D eigenvalue weighted by molar-refractivity contribution is -0.126. The Morgan fingerprint density at radius 2 is 1.86 bits per heavy atom. The van der Waals surface area contributed by atoms with Gasteiger partial charge in [0, 0.05) is 12.2 Å². The largest absolute Gasteiger partial charge is 0.348 e. The predicted octanol–water partition coefficient (Wildman–Crippen LogP) is 3.35. The number of nitrogens with zero attached hydrogens (tertiary/aromatic N) is 1. The van der Waals surface area contributed by atoms with Crippen LogP contribution >= 0.6 is 0 Å². The van der Waals surface area contributed by atoms with Crippen molar-refractivity contribution in [1.82, 2.24) is 10.2 Å². The summed E-state index contributed by atoms with van der Waals surface area (Å²) in [6.07, 6.45) is 1.70. The first-order valence-corrected chi connectivity index (χ1v) is 9.64. The number of likely N-dealkylation sites (tertiary alicyclic amines) is 1. The van der Waals surface area contributed by atoms with Crippen LogP contribution in [0.4, 0.5) is 10.1 Å². The van der Waals surface area contributed by atoms with Gasteiger partial charge in [-0.25, -0.2) is 4.39 Å². The summed E-state index contributed by atoms with van der Waals surface area (Å²) >= 11 is 0. The van der Waals surface area contributed by atoms with Crippen molar-refractivity contribution in [3.05, 3.63) is 66.0 Å². The van der Waals surface area contributed by atoms with Crippen molar-refractivity contribution in [1.29, 1.82) is 0 Å². The second-order valence-corrected chi connectivity index (χ2v) is 7.27. The number of rotatable bonds is 6. The molecule has 2 amide bonds. The molecule has 0 aliphatic carbocycles. The van der Waals surface area contributed by atoms with E-state index in [4.69, 9.17) is 0 Å². The molecule has 3 rings (SSSR count). The van der Waals surface area contributed by atoms with Crippen molar-refractivity contribution in [3.8, 4) is 0 Å². The van der Waals surface area contributed by atoms with E-state index in [0.29, 0.717) is 6.54 Å². The predicted molar refractivity (Wildman–Crippen MR) is 107 cm³/mol. The summed E-state index contributed by atoms with van der Waals surface area (Å²) in [5.41, 5.74) is 1.64. The molecule has 0 spiro atoms. The van der Waals surface area contributed by atoms with Gasteiger partial charge in [-0.2, -0.15) is 0 Å². The third-order valence-corrected chi connectivity index (χ3v) is 5.03. The number of para-hydroxylation sites is 1. The molecular weight excluding hydrogens is 357 g/mol. The van der Waals surface area contributed by atoms with Crippen LogP contribution in [0, 0.1) is 11.7 Å². The van der Waals surface area contributed by atoms with Crippen molar-refractivity contribution < 1.29 is 14.0 Å². The third-order valence-electron chi connectivity index (χ3n) is 5.03. The zero-order chi connectivity index (χ0) is 19.9. The number of piperidine rings is 1. The number of hydrogen-bond acceptors (Lipinski definition) is 3. The Bertz CT molecular complexity index is 795. The summed E-state index contributed by atoms with van der Waals surface area (Å²) < 4.78 is 13.0. The normalized spacial score (nSPS) is 18.3. The van der Waals surface area contributed by atoms with Crippen LogP contribution in [0.5, 0.6) is 0 Å². The van der Waals surface area contributed by atoms with E-state index in [1.807, 2.05) is 42.2 Å². The smallest absolute Gasteiger partial charge is 0.234 e. The highest BCUT2D eigenvalue weighted by Gasteiger charge is 2.27. The van der Waals surface area contributed by atoms with Crippen molar-refractivity contribution in [3.63, 3.8) is 0 Å². The highest BCUT2D eigenvalue weighted by Crippen LogP contribution is 2.19. The average Bonchev–Trinajstić information content (AvgIpc) is 2.69. The number of carbonyl (C=O) groups excluding carboxylic acids is 2. The van der Waals surface area contributed by atoms with E-state index in [1.54, 1.807) is 12.1 Å². The quantitative estimate of drug-likeness (QED) is 0.804. The number of amides is 2. The molecule has 0 saturated carbocycles. The fraction of sp³-hybridized carbons (Fsp3) is 0.364. The topological polar surface area (TPSA) is 61.4 Å². The Morgan fingerprint density at radius 1 is 1.14 bits per heavy atom. The van der Waals surface area contributed by atoms with Gasteiger partial charge in [0.1, 0.15) is 5.82 Å². The fourth-order valence-corrected chi connectivity index (χ4v) is 3.50. The summed E-state index contributed by atoms with van der Waals surface area (Å²) in [5, 5.41) is 5.89. The first-order chi connectivity index (χ1) is 13.5. The third kappa shape index (κ3) is 5.63. The number of anilines is 1. The van der Waals surface area contributed by atoms with Crippen molar-refractivity contribution in [2.75, 3.05) is 25.0 Å². The minimum absolute atomic E-state index is 0.00371. The van der Waals surface area contributed by atoms with Gasteiger partial charge in [0.25, 0.3) is 0 Å². The number of nitrogens with one attached hydrogen (secondary N) is 2. The number of benzene rings is 2. The van der Waals surface area contributed by atoms with E-state index in [-0.39, 0.29) is 36.1 Å². The summed E-state index contributed by atoms with van der Waals surface area (Å²) in [7, 11) is 0. The maximum Gasteiger partial charge on any atom is 0.234 e. The van der Waals surface area contributed by atoms with Crippen molar-refractivity contribution >= 4 is 17.5 Å². The zero-order valence-corrected chi connectivity index (χ0v) is 16.0. The minimum Gasteiger partial charge on any atom is -0.348 e. The molecule has 1 heterocycles. The van der Waals surface area contributed by atoms with Crippen LogP contribution in [0.1, 0.15) is 31.4 Å². The molecular formula is C22H26FN3O2. The molecule has 1 aliphatic rings. The van der Waals surface area contributed by atoms with E-state index in [1.165, 1.54) is 12.1 Å². The summed E-state index contributed by atoms with van der Waals surface area (Å²) in [6, 6.07) is 15.3. The summed E-state index contributed by atoms with van der Waals surface area (Å²) in [6.45, 7) is 3.49. The lowest BCUT2D eigenvalue weighted by atomic mass is 9.97. The summed E-state index contributed by atoms with van der Waals surface area (Å²) in [4.78, 5) is 26.9. The second-order valence-electron chi connectivity index (χ2n) is 7.27. The van der Waals surface area contributed by atoms with Gasteiger partial charge in [-0.05, 0) is 56.1 Å². The molecule has 5 nitrogen and oxygen atoms in total. The Hall–Kier alpha value is -2.73. The van der Waals surface area contributed by atoms with Gasteiger partial charge in [0.15, 0.2) is 0 Å². The van der Waals surface area contributed by atoms with Gasteiger partial charge in [0.2, 0.25) is 11.8 Å². The molecule has 1 fully saturated rings. The molecule has 2 aromatic rings. The Labute approximate surface area is 164 Å². The molecule has 6 heteroatoms. The molecule has 2 unspecified atom stereocenters. The highest BCUT2D eigenvalue weighted by atomic mass is 19.1. The van der Waals surface area contributed by atoms with Crippen LogP contribution in [-0.2, 0) is 9.59 Å². The van der Waals surface area contributed by atoms with E-state index in [9.17, 15) is 14.0 Å². The fourth-order valence-electron chi connectivity index (χ4n) is 3.50. The molecule has 0 aromatic heterocycles. The number of hydrogen-bond donors (Lipinski definition) is 2. The SMILES string of the molecule is CC(NC(=O)CN1CCCC(C(=O)Nc2ccccc2)C1)c1ccc(F)cc1. The van der Waals surface area contributed by atoms with Gasteiger partial charge in [-0.3, -0.25) is 14.5 Å². The van der Waals surface area contributed by atoms with Crippen LogP contribution < -0.4 is 10.6 Å². The molecule has 148 valence electrons. The maximum atomic E-state index is 13.0. The van der Waals surface area contributed by atoms with Crippen molar-refractivity contribution in [2.24, 2.45) is 5.92 Å². The average molecular weight is 383 g/mol. The Balaban J connectivity index is 1.49. The standard InChI is InChI=1S/C22H26FN3O2/c1-16(17-9-11-19(23)12-10-17)24-21(27)15-26-13-5-6-18(14-26)22(28)25-20-7-3-2-4-8-20/h2-4,7-12,16,18H,5-6,13-15H2,1H3,(H,24,27)(H,25,28). The van der Waals surface area contributed by atoms with Crippen LogP contribution in [0.25, 0.3) is 0 Å². The summed E-state index contributed by atoms with van der Waals surface area (Å²) in [5.74, 6) is -0.524. The minimum atomic E-state index is -0.296. The maximum absolute atomic E-state index is 13.0. The van der Waals surface area contributed by atoms with E-state index < -0.39 is 0 Å². The van der Waals surface area contributed by atoms with E-state index in [2.05, 4.69) is 10.6 Å². The first kappa shape index (κ1) is 20.0.